The molecule has 0 aliphatic heterocycles. The second-order valence-corrected chi connectivity index (χ2v) is 7.97. The number of nitrogen functional groups attached to an aromatic ring is 1. The van der Waals surface area contributed by atoms with E-state index in [-0.39, 0.29) is 17.1 Å². The van der Waals surface area contributed by atoms with Gasteiger partial charge < -0.3 is 21.1 Å². The van der Waals surface area contributed by atoms with Crippen LogP contribution in [0.2, 0.25) is 0 Å². The summed E-state index contributed by atoms with van der Waals surface area (Å²) in [4.78, 5) is 26.8. The van der Waals surface area contributed by atoms with Gasteiger partial charge >= 0.3 is 0 Å². The van der Waals surface area contributed by atoms with Gasteiger partial charge in [0.2, 0.25) is 0 Å². The molecule has 0 unspecified atom stereocenters. The van der Waals surface area contributed by atoms with Gasteiger partial charge in [-0.05, 0) is 36.2 Å². The Balaban J connectivity index is 1.87. The maximum Gasteiger partial charge on any atom is 0.196 e. The number of hydrogen-bond acceptors (Lipinski definition) is 6. The maximum absolute atomic E-state index is 13.4. The number of nitrogens with one attached hydrogen (secondary N) is 2. The lowest BCUT2D eigenvalue weighted by Gasteiger charge is -2.25. The molecule has 0 fully saturated rings. The van der Waals surface area contributed by atoms with Crippen LogP contribution in [-0.2, 0) is 0 Å². The topological polar surface area (TPSA) is 93.4 Å². The van der Waals surface area contributed by atoms with Gasteiger partial charge in [0.15, 0.2) is 11.6 Å². The van der Waals surface area contributed by atoms with Gasteiger partial charge in [-0.15, -0.1) is 0 Å². The van der Waals surface area contributed by atoms with E-state index in [4.69, 9.17) is 10.5 Å². The number of benzene rings is 3. The van der Waals surface area contributed by atoms with Gasteiger partial charge in [0.25, 0.3) is 0 Å². The minimum atomic E-state index is -0.242. The quantitative estimate of drug-likeness (QED) is 0.389. The van der Waals surface area contributed by atoms with Crippen LogP contribution in [0.3, 0.4) is 0 Å². The fourth-order valence-electron chi connectivity index (χ4n) is 3.71. The molecule has 6 heteroatoms. The number of ketones is 2. The summed E-state index contributed by atoms with van der Waals surface area (Å²) in [6.45, 7) is 4.86. The molecular formula is C25H25N3O3. The Morgan fingerprint density at radius 2 is 1.52 bits per heavy atom. The van der Waals surface area contributed by atoms with Crippen LogP contribution in [-0.4, -0.2) is 25.2 Å². The van der Waals surface area contributed by atoms with Crippen molar-refractivity contribution in [1.29, 1.82) is 0 Å². The molecule has 0 saturated carbocycles. The number of nitrogens with two attached hydrogens (primary N) is 1. The molecule has 3 aromatic rings. The Morgan fingerprint density at radius 3 is 2.10 bits per heavy atom. The fraction of sp³-hybridized carbons (Fsp3) is 0.200. The molecule has 0 amide bonds. The Morgan fingerprint density at radius 1 is 0.903 bits per heavy atom. The normalized spacial score (nSPS) is 12.4. The third kappa shape index (κ3) is 3.72. The molecule has 0 bridgehead atoms. The van der Waals surface area contributed by atoms with E-state index in [2.05, 4.69) is 24.5 Å². The summed E-state index contributed by atoms with van der Waals surface area (Å²) in [7, 11) is 1.60. The average molecular weight is 415 g/mol. The first-order valence-corrected chi connectivity index (χ1v) is 10.2. The van der Waals surface area contributed by atoms with Crippen LogP contribution in [0.15, 0.2) is 54.6 Å². The second-order valence-electron chi connectivity index (χ2n) is 7.97. The number of ether oxygens (including phenoxy) is 1. The molecule has 1 aliphatic rings. The highest BCUT2D eigenvalue weighted by molar-refractivity contribution is 6.32. The van der Waals surface area contributed by atoms with Gasteiger partial charge in [-0.3, -0.25) is 9.59 Å². The molecule has 0 radical (unpaired) electrons. The van der Waals surface area contributed by atoms with Crippen molar-refractivity contribution in [3.05, 3.63) is 76.9 Å². The summed E-state index contributed by atoms with van der Waals surface area (Å²) in [5.74, 6) is 0.646. The number of anilines is 4. The van der Waals surface area contributed by atoms with E-state index in [1.807, 2.05) is 24.3 Å². The second kappa shape index (κ2) is 8.14. The summed E-state index contributed by atoms with van der Waals surface area (Å²) >= 11 is 0. The zero-order valence-corrected chi connectivity index (χ0v) is 17.8. The molecule has 0 heterocycles. The predicted octanol–water partition coefficient (Wildman–Crippen LogP) is 4.86. The molecule has 1 aliphatic carbocycles. The molecular weight excluding hydrogens is 390 g/mol. The van der Waals surface area contributed by atoms with Crippen molar-refractivity contribution >= 4 is 34.3 Å². The Hall–Kier alpha value is -3.80. The van der Waals surface area contributed by atoms with E-state index in [1.165, 1.54) is 0 Å². The van der Waals surface area contributed by atoms with E-state index in [0.717, 1.165) is 11.4 Å². The zero-order valence-electron chi connectivity index (χ0n) is 17.8. The van der Waals surface area contributed by atoms with Gasteiger partial charge in [0.05, 0.1) is 35.3 Å². The van der Waals surface area contributed by atoms with E-state index < -0.39 is 0 Å². The first-order valence-electron chi connectivity index (χ1n) is 10.2. The van der Waals surface area contributed by atoms with Gasteiger partial charge in [0.1, 0.15) is 5.75 Å². The van der Waals surface area contributed by atoms with Crippen molar-refractivity contribution in [2.24, 2.45) is 5.92 Å². The van der Waals surface area contributed by atoms with Crippen LogP contribution < -0.4 is 21.1 Å². The molecule has 4 N–H and O–H groups in total. The van der Waals surface area contributed by atoms with E-state index in [1.54, 1.807) is 37.4 Å². The lowest BCUT2D eigenvalue weighted by atomic mass is 9.82. The molecule has 0 spiro atoms. The average Bonchev–Trinajstić information content (AvgIpc) is 2.77. The van der Waals surface area contributed by atoms with Gasteiger partial charge in [0, 0.05) is 23.4 Å². The Bertz CT molecular complexity index is 1170. The highest BCUT2D eigenvalue weighted by atomic mass is 16.5. The summed E-state index contributed by atoms with van der Waals surface area (Å²) in [6, 6.07) is 16.0. The van der Waals surface area contributed by atoms with Crippen molar-refractivity contribution in [3.63, 3.8) is 0 Å². The highest BCUT2D eigenvalue weighted by Crippen LogP contribution is 2.40. The summed E-state index contributed by atoms with van der Waals surface area (Å²) < 4.78 is 5.22. The minimum Gasteiger partial charge on any atom is -0.497 e. The van der Waals surface area contributed by atoms with Crippen LogP contribution in [0.4, 0.5) is 22.7 Å². The van der Waals surface area contributed by atoms with Gasteiger partial charge in [-0.2, -0.15) is 0 Å². The molecule has 0 atom stereocenters. The van der Waals surface area contributed by atoms with E-state index >= 15 is 0 Å². The first kappa shape index (κ1) is 20.5. The highest BCUT2D eigenvalue weighted by Gasteiger charge is 2.34. The van der Waals surface area contributed by atoms with Crippen molar-refractivity contribution in [2.45, 2.75) is 13.8 Å². The first-order chi connectivity index (χ1) is 14.9. The summed E-state index contributed by atoms with van der Waals surface area (Å²) in [6.07, 6.45) is 0. The van der Waals surface area contributed by atoms with E-state index in [9.17, 15) is 9.59 Å². The molecule has 4 rings (SSSR count). The van der Waals surface area contributed by atoms with Crippen molar-refractivity contribution in [3.8, 4) is 5.75 Å². The number of carbonyl (C=O) groups is 2. The van der Waals surface area contributed by atoms with Crippen LogP contribution in [0, 0.1) is 5.92 Å². The number of hydrogen-bond donors (Lipinski definition) is 3. The fourth-order valence-corrected chi connectivity index (χ4v) is 3.71. The third-order valence-corrected chi connectivity index (χ3v) is 5.31. The number of rotatable bonds is 6. The van der Waals surface area contributed by atoms with Crippen LogP contribution in [0.25, 0.3) is 0 Å². The van der Waals surface area contributed by atoms with Crippen molar-refractivity contribution in [2.75, 3.05) is 30.0 Å². The lowest BCUT2D eigenvalue weighted by molar-refractivity contribution is 0.0980. The summed E-state index contributed by atoms with van der Waals surface area (Å²) in [5, 5.41) is 6.61. The van der Waals surface area contributed by atoms with Crippen molar-refractivity contribution in [1.82, 2.24) is 0 Å². The monoisotopic (exact) mass is 415 g/mol. The maximum atomic E-state index is 13.4. The largest absolute Gasteiger partial charge is 0.497 e. The molecule has 0 saturated heterocycles. The number of fused-ring (bicyclic) bond motifs is 2. The zero-order chi connectivity index (χ0) is 22.1. The number of carbonyl (C=O) groups excluding carboxylic acids is 2. The molecule has 6 nitrogen and oxygen atoms in total. The predicted molar refractivity (Wildman–Crippen MR) is 124 cm³/mol. The van der Waals surface area contributed by atoms with E-state index in [0.29, 0.717) is 46.2 Å². The van der Waals surface area contributed by atoms with Crippen LogP contribution >= 0.6 is 0 Å². The Kier molecular flexibility index (Phi) is 5.38. The standard InChI is InChI=1S/C25H25N3O3/c1-14(2)13-27-20-12-19(28-15-8-10-16(31-3)11-9-15)21-22(23(20)26)25(30)18-7-5-4-6-17(18)24(21)29/h4-12,14,27-28H,13,26H2,1-3H3. The molecule has 0 aromatic heterocycles. The SMILES string of the molecule is COc1ccc(Nc2cc(NCC(C)C)c(N)c3c2C(=O)c2ccccc2C3=O)cc1. The third-order valence-electron chi connectivity index (χ3n) is 5.31. The number of methoxy groups -OCH3 is 1. The molecule has 158 valence electrons. The van der Waals surface area contributed by atoms with Crippen LogP contribution in [0.5, 0.6) is 5.75 Å². The molecule has 3 aromatic carbocycles. The van der Waals surface area contributed by atoms with Gasteiger partial charge in [-0.25, -0.2) is 0 Å². The minimum absolute atomic E-state index is 0.219. The summed E-state index contributed by atoms with van der Waals surface area (Å²) in [5.41, 5.74) is 9.95. The van der Waals surface area contributed by atoms with Gasteiger partial charge in [-0.1, -0.05) is 38.1 Å². The van der Waals surface area contributed by atoms with Crippen molar-refractivity contribution < 1.29 is 14.3 Å². The van der Waals surface area contributed by atoms with Crippen LogP contribution in [0.1, 0.15) is 45.7 Å². The lowest BCUT2D eigenvalue weighted by Crippen LogP contribution is -2.24. The smallest absolute Gasteiger partial charge is 0.196 e. The molecule has 31 heavy (non-hydrogen) atoms. The Labute approximate surface area is 181 Å².